The Balaban J connectivity index is 2.18. The molecule has 1 N–H and O–H groups in total. The highest BCUT2D eigenvalue weighted by molar-refractivity contribution is 5.91. The number of fused-ring (bicyclic) bond motifs is 1. The second-order valence-electron chi connectivity index (χ2n) is 6.37. The first-order valence-corrected chi connectivity index (χ1v) is 7.97. The molecule has 0 amide bonds. The van der Waals surface area contributed by atoms with E-state index in [0.717, 1.165) is 30.0 Å². The summed E-state index contributed by atoms with van der Waals surface area (Å²) in [7, 11) is 0. The van der Waals surface area contributed by atoms with E-state index >= 15 is 0 Å². The van der Waals surface area contributed by atoms with Gasteiger partial charge in [-0.05, 0) is 70.0 Å². The van der Waals surface area contributed by atoms with Crippen LogP contribution in [0.2, 0.25) is 0 Å². The van der Waals surface area contributed by atoms with Crippen molar-refractivity contribution in [1.82, 2.24) is 0 Å². The van der Waals surface area contributed by atoms with Crippen molar-refractivity contribution in [3.05, 3.63) is 64.8 Å². The van der Waals surface area contributed by atoms with Crippen LogP contribution in [0.5, 0.6) is 5.75 Å². The summed E-state index contributed by atoms with van der Waals surface area (Å²) in [5.41, 5.74) is 5.25. The molecule has 0 aromatic heterocycles. The van der Waals surface area contributed by atoms with Gasteiger partial charge in [-0.15, -0.1) is 0 Å². The fourth-order valence-electron chi connectivity index (χ4n) is 2.66. The summed E-state index contributed by atoms with van der Waals surface area (Å²) >= 11 is 0. The maximum atomic E-state index is 10.0. The molecule has 0 aliphatic rings. The summed E-state index contributed by atoms with van der Waals surface area (Å²) in [5.74, 6) is 0.367. The summed E-state index contributed by atoms with van der Waals surface area (Å²) in [6.45, 7) is 8.54. The third kappa shape index (κ3) is 4.24. The van der Waals surface area contributed by atoms with E-state index in [1.54, 1.807) is 0 Å². The van der Waals surface area contributed by atoms with Crippen LogP contribution in [-0.2, 0) is 6.42 Å². The first-order chi connectivity index (χ1) is 10.5. The van der Waals surface area contributed by atoms with Crippen LogP contribution in [0.3, 0.4) is 0 Å². The fraction of sp³-hybridized carbons (Fsp3) is 0.333. The Hall–Kier alpha value is -2.02. The fourth-order valence-corrected chi connectivity index (χ4v) is 2.66. The number of phenolic OH excluding ortho intramolecular Hbond substituents is 1. The molecule has 0 saturated heterocycles. The molecule has 116 valence electrons. The predicted octanol–water partition coefficient (Wildman–Crippen LogP) is 6.09. The molecule has 1 heteroatoms. The Morgan fingerprint density at radius 3 is 2.50 bits per heavy atom. The molecule has 0 aliphatic heterocycles. The molecule has 2 rings (SSSR count). The van der Waals surface area contributed by atoms with Crippen molar-refractivity contribution in [2.75, 3.05) is 0 Å². The number of rotatable bonds is 5. The molecule has 1 nitrogen and oxygen atoms in total. The van der Waals surface area contributed by atoms with Gasteiger partial charge in [0.25, 0.3) is 0 Å². The minimum absolute atomic E-state index is 0.367. The van der Waals surface area contributed by atoms with E-state index in [1.165, 1.54) is 22.3 Å². The Kier molecular flexibility index (Phi) is 5.43. The molecule has 0 unspecified atom stereocenters. The van der Waals surface area contributed by atoms with Crippen LogP contribution in [0.15, 0.2) is 53.6 Å². The number of hydrogen-bond acceptors (Lipinski definition) is 1. The molecule has 22 heavy (non-hydrogen) atoms. The van der Waals surface area contributed by atoms with Crippen LogP contribution in [0.25, 0.3) is 10.8 Å². The van der Waals surface area contributed by atoms with Crippen LogP contribution < -0.4 is 0 Å². The number of aryl methyl sites for hydroxylation is 1. The minimum Gasteiger partial charge on any atom is -0.507 e. The Labute approximate surface area is 134 Å². The SMILES string of the molecule is CC(C)=CCC/C(C)=C/Cc1ccc(O)c2cc(C)ccc12. The molecule has 0 fully saturated rings. The summed E-state index contributed by atoms with van der Waals surface area (Å²) < 4.78 is 0. The number of allylic oxidation sites excluding steroid dienone is 4. The van der Waals surface area contributed by atoms with Gasteiger partial charge < -0.3 is 5.11 Å². The second-order valence-corrected chi connectivity index (χ2v) is 6.37. The zero-order chi connectivity index (χ0) is 16.1. The topological polar surface area (TPSA) is 20.2 Å². The summed E-state index contributed by atoms with van der Waals surface area (Å²) in [4.78, 5) is 0. The third-order valence-corrected chi connectivity index (χ3v) is 4.00. The van der Waals surface area contributed by atoms with Crippen LogP contribution in [0, 0.1) is 6.92 Å². The van der Waals surface area contributed by atoms with Crippen LogP contribution in [0.4, 0.5) is 0 Å². The largest absolute Gasteiger partial charge is 0.507 e. The lowest BCUT2D eigenvalue weighted by molar-refractivity contribution is 0.481. The first-order valence-electron chi connectivity index (χ1n) is 7.97. The van der Waals surface area contributed by atoms with E-state index in [0.29, 0.717) is 5.75 Å². The Bertz CT molecular complexity index is 716. The highest BCUT2D eigenvalue weighted by Gasteiger charge is 2.05. The second kappa shape index (κ2) is 7.31. The lowest BCUT2D eigenvalue weighted by atomic mass is 9.98. The van der Waals surface area contributed by atoms with Gasteiger partial charge in [0.2, 0.25) is 0 Å². The summed E-state index contributed by atoms with van der Waals surface area (Å²) in [5, 5.41) is 12.1. The van der Waals surface area contributed by atoms with Crippen LogP contribution in [-0.4, -0.2) is 5.11 Å². The van der Waals surface area contributed by atoms with Gasteiger partial charge in [0.1, 0.15) is 5.75 Å². The molecule has 0 bridgehead atoms. The van der Waals surface area contributed by atoms with Crippen molar-refractivity contribution in [2.24, 2.45) is 0 Å². The molecule has 0 radical (unpaired) electrons. The van der Waals surface area contributed by atoms with Gasteiger partial charge in [-0.1, -0.05) is 47.1 Å². The Morgan fingerprint density at radius 1 is 1.00 bits per heavy atom. The number of hydrogen-bond donors (Lipinski definition) is 1. The van der Waals surface area contributed by atoms with Gasteiger partial charge in [-0.25, -0.2) is 0 Å². The van der Waals surface area contributed by atoms with Crippen molar-refractivity contribution in [1.29, 1.82) is 0 Å². The lowest BCUT2D eigenvalue weighted by Gasteiger charge is -2.08. The molecule has 0 aliphatic carbocycles. The van der Waals surface area contributed by atoms with E-state index in [9.17, 15) is 5.11 Å². The third-order valence-electron chi connectivity index (χ3n) is 4.00. The van der Waals surface area contributed by atoms with Gasteiger partial charge in [-0.2, -0.15) is 0 Å². The molecule has 0 heterocycles. The zero-order valence-corrected chi connectivity index (χ0v) is 14.1. The maximum Gasteiger partial charge on any atom is 0.123 e. The summed E-state index contributed by atoms with van der Waals surface area (Å²) in [6.07, 6.45) is 7.74. The highest BCUT2D eigenvalue weighted by Crippen LogP contribution is 2.29. The van der Waals surface area contributed by atoms with E-state index in [-0.39, 0.29) is 0 Å². The molecular weight excluding hydrogens is 268 g/mol. The zero-order valence-electron chi connectivity index (χ0n) is 14.1. The van der Waals surface area contributed by atoms with Crippen molar-refractivity contribution < 1.29 is 5.11 Å². The highest BCUT2D eigenvalue weighted by atomic mass is 16.3. The van der Waals surface area contributed by atoms with Crippen molar-refractivity contribution in [2.45, 2.75) is 47.0 Å². The molecule has 2 aromatic rings. The van der Waals surface area contributed by atoms with Gasteiger partial charge >= 0.3 is 0 Å². The Morgan fingerprint density at radius 2 is 1.77 bits per heavy atom. The van der Waals surface area contributed by atoms with Crippen molar-refractivity contribution in [3.63, 3.8) is 0 Å². The molecule has 0 atom stereocenters. The predicted molar refractivity (Wildman–Crippen MR) is 96.5 cm³/mol. The van der Waals surface area contributed by atoms with E-state index < -0.39 is 0 Å². The van der Waals surface area contributed by atoms with Crippen molar-refractivity contribution >= 4 is 10.8 Å². The van der Waals surface area contributed by atoms with E-state index in [1.807, 2.05) is 12.1 Å². The van der Waals surface area contributed by atoms with Crippen LogP contribution in [0.1, 0.15) is 44.7 Å². The van der Waals surface area contributed by atoms with Gasteiger partial charge in [0.15, 0.2) is 0 Å². The normalized spacial score (nSPS) is 11.7. The molecule has 2 aromatic carbocycles. The monoisotopic (exact) mass is 294 g/mol. The van der Waals surface area contributed by atoms with Gasteiger partial charge in [-0.3, -0.25) is 0 Å². The average Bonchev–Trinajstić information content (AvgIpc) is 2.46. The minimum atomic E-state index is 0.367. The van der Waals surface area contributed by atoms with Gasteiger partial charge in [0.05, 0.1) is 0 Å². The molecule has 0 saturated carbocycles. The maximum absolute atomic E-state index is 10.0. The number of benzene rings is 2. The van der Waals surface area contributed by atoms with Crippen LogP contribution >= 0.6 is 0 Å². The smallest absolute Gasteiger partial charge is 0.123 e. The summed E-state index contributed by atoms with van der Waals surface area (Å²) in [6, 6.07) is 10.1. The first kappa shape index (κ1) is 16.4. The lowest BCUT2D eigenvalue weighted by Crippen LogP contribution is -1.88. The number of aromatic hydroxyl groups is 1. The standard InChI is InChI=1S/C21H26O/c1-15(2)6-5-7-16(3)8-10-18-11-13-21(22)20-14-17(4)9-12-19(18)20/h6,8-9,11-14,22H,5,7,10H2,1-4H3/b16-8+. The molecule has 0 spiro atoms. The number of phenols is 1. The van der Waals surface area contributed by atoms with E-state index in [2.05, 4.69) is 58.0 Å². The average molecular weight is 294 g/mol. The van der Waals surface area contributed by atoms with Crippen molar-refractivity contribution in [3.8, 4) is 5.75 Å². The van der Waals surface area contributed by atoms with E-state index in [4.69, 9.17) is 0 Å². The quantitative estimate of drug-likeness (QED) is 0.662. The van der Waals surface area contributed by atoms with Gasteiger partial charge in [0, 0.05) is 5.39 Å². The molecular formula is C21H26O.